The molecule has 0 unspecified atom stereocenters. The Morgan fingerprint density at radius 1 is 1.20 bits per heavy atom. The van der Waals surface area contributed by atoms with Crippen LogP contribution in [0.25, 0.3) is 10.9 Å². The number of hydrogen-bond acceptors (Lipinski definition) is 3. The van der Waals surface area contributed by atoms with Crippen molar-refractivity contribution < 1.29 is 0 Å². The van der Waals surface area contributed by atoms with E-state index in [9.17, 15) is 0 Å². The number of fused-ring (bicyclic) bond motifs is 1. The van der Waals surface area contributed by atoms with Crippen molar-refractivity contribution >= 4 is 22.4 Å². The van der Waals surface area contributed by atoms with Gasteiger partial charge in [0.25, 0.3) is 0 Å². The minimum Gasteiger partial charge on any atom is -0.337 e. The van der Waals surface area contributed by atoms with Crippen LogP contribution in [-0.2, 0) is 0 Å². The maximum Gasteiger partial charge on any atom is 0.134 e. The smallest absolute Gasteiger partial charge is 0.134 e. The van der Waals surface area contributed by atoms with E-state index >= 15 is 0 Å². The zero-order valence-corrected chi connectivity index (χ0v) is 12.0. The van der Waals surface area contributed by atoms with Gasteiger partial charge >= 0.3 is 0 Å². The molecule has 0 amide bonds. The van der Waals surface area contributed by atoms with Gasteiger partial charge in [0, 0.05) is 17.6 Å². The number of rotatable bonds is 3. The molecule has 0 aliphatic carbocycles. The van der Waals surface area contributed by atoms with Crippen LogP contribution in [0.5, 0.6) is 0 Å². The van der Waals surface area contributed by atoms with Gasteiger partial charge in [0.15, 0.2) is 0 Å². The van der Waals surface area contributed by atoms with Crippen LogP contribution in [0.3, 0.4) is 0 Å². The zero-order chi connectivity index (χ0) is 14.1. The van der Waals surface area contributed by atoms with E-state index in [0.717, 1.165) is 28.0 Å². The second-order valence-electron chi connectivity index (χ2n) is 5.27. The third-order valence-corrected chi connectivity index (χ3v) is 3.31. The van der Waals surface area contributed by atoms with Gasteiger partial charge in [0.1, 0.15) is 5.82 Å². The molecule has 0 atom stereocenters. The van der Waals surface area contributed by atoms with Crippen molar-refractivity contribution in [3.8, 4) is 0 Å². The second-order valence-corrected chi connectivity index (χ2v) is 5.27. The number of pyridine rings is 1. The number of nitrogens with one attached hydrogen (secondary N) is 1. The summed E-state index contributed by atoms with van der Waals surface area (Å²) < 4.78 is 1.93. The monoisotopic (exact) mass is 266 g/mol. The summed E-state index contributed by atoms with van der Waals surface area (Å²) in [6.07, 6.45) is 3.83. The number of para-hydroxylation sites is 1. The summed E-state index contributed by atoms with van der Waals surface area (Å²) in [6.45, 7) is 6.28. The molecule has 0 saturated heterocycles. The standard InChI is InChI=1S/C16H18N4/c1-11(2)20-10-14(9-17-20)18-16-12(3)8-13-6-4-5-7-15(13)19-16/h4-11H,1-3H3,(H,18,19). The average molecular weight is 266 g/mol. The molecule has 4 heteroatoms. The Balaban J connectivity index is 1.95. The van der Waals surface area contributed by atoms with Gasteiger partial charge in [-0.3, -0.25) is 4.68 Å². The molecular weight excluding hydrogens is 248 g/mol. The predicted molar refractivity (Wildman–Crippen MR) is 82.4 cm³/mol. The summed E-state index contributed by atoms with van der Waals surface area (Å²) >= 11 is 0. The first-order chi connectivity index (χ1) is 9.63. The number of anilines is 2. The van der Waals surface area contributed by atoms with E-state index in [1.165, 1.54) is 0 Å². The van der Waals surface area contributed by atoms with E-state index in [0.29, 0.717) is 6.04 Å². The van der Waals surface area contributed by atoms with Gasteiger partial charge < -0.3 is 5.32 Å². The molecule has 2 aromatic heterocycles. The molecule has 0 aliphatic rings. The quantitative estimate of drug-likeness (QED) is 0.777. The first-order valence-electron chi connectivity index (χ1n) is 6.81. The molecule has 0 fully saturated rings. The summed E-state index contributed by atoms with van der Waals surface area (Å²) in [5, 5.41) is 8.84. The van der Waals surface area contributed by atoms with Gasteiger partial charge in [0.05, 0.1) is 17.4 Å². The second kappa shape index (κ2) is 4.96. The lowest BCUT2D eigenvalue weighted by Crippen LogP contribution is -2.00. The Morgan fingerprint density at radius 2 is 2.00 bits per heavy atom. The Hall–Kier alpha value is -2.36. The summed E-state index contributed by atoms with van der Waals surface area (Å²) in [6, 6.07) is 10.6. The van der Waals surface area contributed by atoms with Gasteiger partial charge in [-0.15, -0.1) is 0 Å². The van der Waals surface area contributed by atoms with Crippen LogP contribution in [0.4, 0.5) is 11.5 Å². The zero-order valence-electron chi connectivity index (χ0n) is 12.0. The van der Waals surface area contributed by atoms with Crippen LogP contribution in [0.15, 0.2) is 42.7 Å². The molecule has 20 heavy (non-hydrogen) atoms. The molecule has 0 radical (unpaired) electrons. The van der Waals surface area contributed by atoms with Crippen LogP contribution >= 0.6 is 0 Å². The van der Waals surface area contributed by atoms with Crippen molar-refractivity contribution in [3.05, 3.63) is 48.3 Å². The summed E-state index contributed by atoms with van der Waals surface area (Å²) in [4.78, 5) is 4.68. The van der Waals surface area contributed by atoms with E-state index in [2.05, 4.69) is 48.3 Å². The normalized spacial score (nSPS) is 11.2. The SMILES string of the molecule is Cc1cc2ccccc2nc1Nc1cnn(C(C)C)c1. The fourth-order valence-corrected chi connectivity index (χ4v) is 2.17. The molecule has 3 rings (SSSR count). The van der Waals surface area contributed by atoms with E-state index in [-0.39, 0.29) is 0 Å². The van der Waals surface area contributed by atoms with Gasteiger partial charge in [0.2, 0.25) is 0 Å². The van der Waals surface area contributed by atoms with Crippen LogP contribution in [0.2, 0.25) is 0 Å². The molecule has 0 saturated carbocycles. The van der Waals surface area contributed by atoms with Crippen molar-refractivity contribution in [2.24, 2.45) is 0 Å². The third-order valence-electron chi connectivity index (χ3n) is 3.31. The number of benzene rings is 1. The lowest BCUT2D eigenvalue weighted by Gasteiger charge is -2.08. The maximum atomic E-state index is 4.68. The van der Waals surface area contributed by atoms with Gasteiger partial charge in [-0.25, -0.2) is 4.98 Å². The van der Waals surface area contributed by atoms with Crippen LogP contribution in [0, 0.1) is 6.92 Å². The molecule has 102 valence electrons. The molecule has 1 aromatic carbocycles. The summed E-state index contributed by atoms with van der Waals surface area (Å²) in [5.41, 5.74) is 3.09. The van der Waals surface area contributed by atoms with Crippen molar-refractivity contribution in [1.29, 1.82) is 0 Å². The first kappa shape index (κ1) is 12.7. The third kappa shape index (κ3) is 2.37. The lowest BCUT2D eigenvalue weighted by molar-refractivity contribution is 0.532. The van der Waals surface area contributed by atoms with Crippen molar-refractivity contribution in [3.63, 3.8) is 0 Å². The number of hydrogen-bond donors (Lipinski definition) is 1. The van der Waals surface area contributed by atoms with E-state index in [4.69, 9.17) is 0 Å². The maximum absolute atomic E-state index is 4.68. The highest BCUT2D eigenvalue weighted by Crippen LogP contribution is 2.23. The number of nitrogens with zero attached hydrogens (tertiary/aromatic N) is 3. The van der Waals surface area contributed by atoms with Crippen molar-refractivity contribution in [2.45, 2.75) is 26.8 Å². The Labute approximate surface area is 118 Å². The molecule has 3 aromatic rings. The predicted octanol–water partition coefficient (Wildman–Crippen LogP) is 4.06. The highest BCUT2D eigenvalue weighted by molar-refractivity contribution is 5.82. The number of aromatic nitrogens is 3. The largest absolute Gasteiger partial charge is 0.337 e. The molecular formula is C16H18N4. The fraction of sp³-hybridized carbons (Fsp3) is 0.250. The van der Waals surface area contributed by atoms with Gasteiger partial charge in [-0.2, -0.15) is 5.10 Å². The first-order valence-corrected chi connectivity index (χ1v) is 6.81. The topological polar surface area (TPSA) is 42.7 Å². The molecule has 0 aliphatic heterocycles. The molecule has 2 heterocycles. The van der Waals surface area contributed by atoms with Crippen LogP contribution < -0.4 is 5.32 Å². The van der Waals surface area contributed by atoms with E-state index < -0.39 is 0 Å². The minimum absolute atomic E-state index is 0.358. The summed E-state index contributed by atoms with van der Waals surface area (Å²) in [5.74, 6) is 0.881. The molecule has 0 bridgehead atoms. The highest BCUT2D eigenvalue weighted by Gasteiger charge is 2.06. The fourth-order valence-electron chi connectivity index (χ4n) is 2.17. The molecule has 1 N–H and O–H groups in total. The lowest BCUT2D eigenvalue weighted by atomic mass is 10.1. The van der Waals surface area contributed by atoms with Crippen LogP contribution in [-0.4, -0.2) is 14.8 Å². The van der Waals surface area contributed by atoms with Gasteiger partial charge in [-0.05, 0) is 38.5 Å². The Kier molecular flexibility index (Phi) is 3.14. The Morgan fingerprint density at radius 3 is 2.75 bits per heavy atom. The summed E-state index contributed by atoms with van der Waals surface area (Å²) in [7, 11) is 0. The van der Waals surface area contributed by atoms with Crippen molar-refractivity contribution in [2.75, 3.05) is 5.32 Å². The van der Waals surface area contributed by atoms with E-state index in [1.807, 2.05) is 35.3 Å². The minimum atomic E-state index is 0.358. The molecule has 0 spiro atoms. The molecule has 4 nitrogen and oxygen atoms in total. The number of aryl methyl sites for hydroxylation is 1. The average Bonchev–Trinajstić information content (AvgIpc) is 2.88. The van der Waals surface area contributed by atoms with Crippen molar-refractivity contribution in [1.82, 2.24) is 14.8 Å². The van der Waals surface area contributed by atoms with Crippen LogP contribution in [0.1, 0.15) is 25.5 Å². The Bertz CT molecular complexity index is 743. The van der Waals surface area contributed by atoms with Gasteiger partial charge in [-0.1, -0.05) is 18.2 Å². The highest BCUT2D eigenvalue weighted by atomic mass is 15.3. The van der Waals surface area contributed by atoms with E-state index in [1.54, 1.807) is 0 Å².